The minimum Gasteiger partial charge on any atom is -0.309 e. The summed E-state index contributed by atoms with van der Waals surface area (Å²) in [6.45, 7) is 4.25. The third kappa shape index (κ3) is 3.04. The molecule has 0 spiro atoms. The van der Waals surface area contributed by atoms with Crippen LogP contribution in [0.1, 0.15) is 31.9 Å². The normalized spacial score (nSPS) is 11.8. The van der Waals surface area contributed by atoms with E-state index in [4.69, 9.17) is 0 Å². The Kier molecular flexibility index (Phi) is 4.94. The number of rotatable bonds is 4. The summed E-state index contributed by atoms with van der Waals surface area (Å²) in [4.78, 5) is 0. The standard InChI is InChI=1S/C13H15F2N/c1-3-5-9-12(16-4-2)13-10(14)7-6-8-11(13)15/h6-8,12,16H,4,9H2,1-2H3. The second kappa shape index (κ2) is 6.24. The maximum absolute atomic E-state index is 13.5. The summed E-state index contributed by atoms with van der Waals surface area (Å²) in [6.07, 6.45) is 0.405. The monoisotopic (exact) mass is 223 g/mol. The molecule has 0 saturated carbocycles. The topological polar surface area (TPSA) is 12.0 Å². The number of halogens is 2. The second-order valence-corrected chi connectivity index (χ2v) is 3.38. The van der Waals surface area contributed by atoms with Gasteiger partial charge in [0.25, 0.3) is 0 Å². The predicted molar refractivity (Wildman–Crippen MR) is 60.8 cm³/mol. The van der Waals surface area contributed by atoms with E-state index < -0.39 is 17.7 Å². The Balaban J connectivity index is 3.02. The Morgan fingerprint density at radius 1 is 1.31 bits per heavy atom. The molecule has 1 unspecified atom stereocenters. The van der Waals surface area contributed by atoms with Crippen LogP contribution in [0.5, 0.6) is 0 Å². The molecule has 1 atom stereocenters. The van der Waals surface area contributed by atoms with Crippen LogP contribution in [0.3, 0.4) is 0 Å². The molecule has 0 bridgehead atoms. The zero-order valence-corrected chi connectivity index (χ0v) is 9.48. The van der Waals surface area contributed by atoms with Crippen molar-refractivity contribution in [3.05, 3.63) is 35.4 Å². The number of hydrogen-bond donors (Lipinski definition) is 1. The third-order valence-electron chi connectivity index (χ3n) is 2.28. The molecule has 1 aromatic carbocycles. The van der Waals surface area contributed by atoms with E-state index in [0.717, 1.165) is 0 Å². The van der Waals surface area contributed by atoms with Gasteiger partial charge in [0.1, 0.15) is 11.6 Å². The van der Waals surface area contributed by atoms with E-state index in [9.17, 15) is 8.78 Å². The first-order chi connectivity index (χ1) is 7.70. The average molecular weight is 223 g/mol. The van der Waals surface area contributed by atoms with Crippen LogP contribution in [0.15, 0.2) is 18.2 Å². The van der Waals surface area contributed by atoms with Crippen molar-refractivity contribution in [1.82, 2.24) is 5.32 Å². The molecule has 0 saturated heterocycles. The van der Waals surface area contributed by atoms with Gasteiger partial charge in [0.15, 0.2) is 0 Å². The highest BCUT2D eigenvalue weighted by Crippen LogP contribution is 2.22. The van der Waals surface area contributed by atoms with E-state index in [-0.39, 0.29) is 5.56 Å². The first-order valence-electron chi connectivity index (χ1n) is 5.27. The van der Waals surface area contributed by atoms with Gasteiger partial charge in [-0.15, -0.1) is 11.8 Å². The molecule has 0 amide bonds. The lowest BCUT2D eigenvalue weighted by atomic mass is 10.0. The highest BCUT2D eigenvalue weighted by atomic mass is 19.1. The van der Waals surface area contributed by atoms with Gasteiger partial charge in [-0.2, -0.15) is 0 Å². The van der Waals surface area contributed by atoms with Crippen molar-refractivity contribution in [2.75, 3.05) is 6.54 Å². The second-order valence-electron chi connectivity index (χ2n) is 3.38. The lowest BCUT2D eigenvalue weighted by Gasteiger charge is -2.17. The Morgan fingerprint density at radius 2 is 1.94 bits per heavy atom. The van der Waals surface area contributed by atoms with Crippen LogP contribution < -0.4 is 5.32 Å². The highest BCUT2D eigenvalue weighted by Gasteiger charge is 2.18. The molecule has 3 heteroatoms. The Bertz CT molecular complexity index is 384. The summed E-state index contributed by atoms with van der Waals surface area (Å²) in [5.41, 5.74) is 0.0760. The first-order valence-corrected chi connectivity index (χ1v) is 5.27. The summed E-state index contributed by atoms with van der Waals surface area (Å²) in [5.74, 6) is 4.52. The summed E-state index contributed by atoms with van der Waals surface area (Å²) >= 11 is 0. The van der Waals surface area contributed by atoms with Crippen molar-refractivity contribution in [3.63, 3.8) is 0 Å². The van der Waals surface area contributed by atoms with Crippen LogP contribution in [0, 0.1) is 23.5 Å². The van der Waals surface area contributed by atoms with Crippen LogP contribution in [-0.2, 0) is 0 Å². The number of nitrogens with one attached hydrogen (secondary N) is 1. The van der Waals surface area contributed by atoms with Gasteiger partial charge in [-0.25, -0.2) is 8.78 Å². The fourth-order valence-corrected chi connectivity index (χ4v) is 1.57. The van der Waals surface area contributed by atoms with E-state index in [2.05, 4.69) is 17.2 Å². The van der Waals surface area contributed by atoms with E-state index >= 15 is 0 Å². The molecular weight excluding hydrogens is 208 g/mol. The fraction of sp³-hybridized carbons (Fsp3) is 0.385. The predicted octanol–water partition coefficient (Wildman–Crippen LogP) is 3.03. The molecule has 0 heterocycles. The van der Waals surface area contributed by atoms with Crippen LogP contribution in [0.25, 0.3) is 0 Å². The van der Waals surface area contributed by atoms with Crippen molar-refractivity contribution in [3.8, 4) is 11.8 Å². The molecule has 0 aliphatic heterocycles. The van der Waals surface area contributed by atoms with Crippen LogP contribution in [0.2, 0.25) is 0 Å². The summed E-state index contributed by atoms with van der Waals surface area (Å²) in [5, 5.41) is 3.03. The van der Waals surface area contributed by atoms with Crippen LogP contribution >= 0.6 is 0 Å². The number of hydrogen-bond acceptors (Lipinski definition) is 1. The maximum Gasteiger partial charge on any atom is 0.130 e. The van der Waals surface area contributed by atoms with Crippen molar-refractivity contribution >= 4 is 0 Å². The fourth-order valence-electron chi connectivity index (χ4n) is 1.57. The van der Waals surface area contributed by atoms with E-state index in [0.29, 0.717) is 13.0 Å². The Morgan fingerprint density at radius 3 is 2.44 bits per heavy atom. The summed E-state index contributed by atoms with van der Waals surface area (Å²) < 4.78 is 27.0. The summed E-state index contributed by atoms with van der Waals surface area (Å²) in [7, 11) is 0. The molecule has 0 aliphatic rings. The SMILES string of the molecule is CC#CCC(NCC)c1c(F)cccc1F. The molecule has 86 valence electrons. The maximum atomic E-state index is 13.5. The Labute approximate surface area is 94.9 Å². The molecular formula is C13H15F2N. The average Bonchev–Trinajstić information content (AvgIpc) is 2.25. The van der Waals surface area contributed by atoms with Gasteiger partial charge < -0.3 is 5.32 Å². The minimum absolute atomic E-state index is 0.0760. The van der Waals surface area contributed by atoms with Crippen LogP contribution in [0.4, 0.5) is 8.78 Å². The van der Waals surface area contributed by atoms with Gasteiger partial charge in [-0.1, -0.05) is 13.0 Å². The van der Waals surface area contributed by atoms with Crippen molar-refractivity contribution < 1.29 is 8.78 Å². The summed E-state index contributed by atoms with van der Waals surface area (Å²) in [6, 6.07) is 3.51. The van der Waals surface area contributed by atoms with Gasteiger partial charge in [-0.3, -0.25) is 0 Å². The van der Waals surface area contributed by atoms with Gasteiger partial charge >= 0.3 is 0 Å². The minimum atomic E-state index is -0.524. The molecule has 0 fully saturated rings. The molecule has 1 N–H and O–H groups in total. The van der Waals surface area contributed by atoms with E-state index in [1.165, 1.54) is 18.2 Å². The zero-order valence-electron chi connectivity index (χ0n) is 9.48. The van der Waals surface area contributed by atoms with E-state index in [1.54, 1.807) is 6.92 Å². The molecule has 16 heavy (non-hydrogen) atoms. The van der Waals surface area contributed by atoms with Gasteiger partial charge in [0.2, 0.25) is 0 Å². The smallest absolute Gasteiger partial charge is 0.130 e. The number of benzene rings is 1. The molecule has 0 aliphatic carbocycles. The molecule has 0 radical (unpaired) electrons. The molecule has 0 aromatic heterocycles. The quantitative estimate of drug-likeness (QED) is 0.774. The van der Waals surface area contributed by atoms with Crippen LogP contribution in [-0.4, -0.2) is 6.54 Å². The molecule has 1 rings (SSSR count). The lowest BCUT2D eigenvalue weighted by Crippen LogP contribution is -2.22. The highest BCUT2D eigenvalue weighted by molar-refractivity contribution is 5.24. The Hall–Kier alpha value is -1.40. The zero-order chi connectivity index (χ0) is 12.0. The van der Waals surface area contributed by atoms with Crippen molar-refractivity contribution in [2.24, 2.45) is 0 Å². The largest absolute Gasteiger partial charge is 0.309 e. The van der Waals surface area contributed by atoms with Crippen molar-refractivity contribution in [2.45, 2.75) is 26.3 Å². The van der Waals surface area contributed by atoms with E-state index in [1.807, 2.05) is 6.92 Å². The third-order valence-corrected chi connectivity index (χ3v) is 2.28. The van der Waals surface area contributed by atoms with Crippen molar-refractivity contribution in [1.29, 1.82) is 0 Å². The molecule has 1 nitrogen and oxygen atoms in total. The van der Waals surface area contributed by atoms with Gasteiger partial charge in [0, 0.05) is 18.0 Å². The molecule has 1 aromatic rings. The van der Waals surface area contributed by atoms with Gasteiger partial charge in [0.05, 0.1) is 0 Å². The lowest BCUT2D eigenvalue weighted by molar-refractivity contribution is 0.480. The first kappa shape index (κ1) is 12.7. The van der Waals surface area contributed by atoms with Gasteiger partial charge in [-0.05, 0) is 25.6 Å².